The maximum atomic E-state index is 12.9. The third-order valence-corrected chi connectivity index (χ3v) is 3.67. The molecule has 1 atom stereocenters. The lowest BCUT2D eigenvalue weighted by molar-refractivity contribution is 0.0142. The zero-order chi connectivity index (χ0) is 16.3. The van der Waals surface area contributed by atoms with Crippen LogP contribution in [0, 0.1) is 11.7 Å². The Balaban J connectivity index is 2.05. The fraction of sp³-hybridized carbons (Fsp3) is 0.400. The van der Waals surface area contributed by atoms with Crippen LogP contribution in [0.3, 0.4) is 0 Å². The molecule has 1 heterocycles. The molecule has 1 aromatic heterocycles. The molecule has 118 valence electrons. The summed E-state index contributed by atoms with van der Waals surface area (Å²) in [7, 11) is 0. The molecule has 2 N–H and O–H groups in total. The Morgan fingerprint density at radius 2 is 2.05 bits per heavy atom. The number of hydrogen-bond acceptors (Lipinski definition) is 4. The summed E-state index contributed by atoms with van der Waals surface area (Å²) in [5.41, 5.74) is -0.270. The van der Waals surface area contributed by atoms with Crippen LogP contribution in [0.1, 0.15) is 31.3 Å². The highest BCUT2D eigenvalue weighted by Crippen LogP contribution is 2.14. The minimum atomic E-state index is -0.997. The first-order valence-electron chi connectivity index (χ1n) is 6.98. The highest BCUT2D eigenvalue weighted by Gasteiger charge is 2.26. The lowest BCUT2D eigenvalue weighted by Gasteiger charge is -2.27. The van der Waals surface area contributed by atoms with E-state index >= 15 is 0 Å². The summed E-state index contributed by atoms with van der Waals surface area (Å²) in [6, 6.07) is 5.68. The average molecular weight is 306 g/mol. The number of aliphatic hydroxyl groups is 1. The minimum absolute atomic E-state index is 0.00250. The number of halogens is 1. The van der Waals surface area contributed by atoms with Crippen molar-refractivity contribution < 1.29 is 14.3 Å². The maximum absolute atomic E-state index is 12.9. The van der Waals surface area contributed by atoms with E-state index in [1.807, 2.05) is 13.8 Å². The van der Waals surface area contributed by atoms with E-state index in [9.17, 15) is 14.3 Å². The number of aromatic nitrogens is 3. The summed E-state index contributed by atoms with van der Waals surface area (Å²) >= 11 is 0. The van der Waals surface area contributed by atoms with Crippen LogP contribution in [0.5, 0.6) is 0 Å². The van der Waals surface area contributed by atoms with Gasteiger partial charge in [0.15, 0.2) is 5.69 Å². The average Bonchev–Trinajstić information content (AvgIpc) is 2.95. The molecule has 0 saturated carbocycles. The van der Waals surface area contributed by atoms with Crippen LogP contribution in [-0.4, -0.2) is 38.2 Å². The minimum Gasteiger partial charge on any atom is -0.388 e. The van der Waals surface area contributed by atoms with Crippen molar-refractivity contribution in [2.75, 3.05) is 6.54 Å². The van der Waals surface area contributed by atoms with Crippen molar-refractivity contribution in [3.63, 3.8) is 0 Å². The molecular formula is C15H19FN4O2. The molecule has 0 aliphatic rings. The van der Waals surface area contributed by atoms with E-state index < -0.39 is 11.5 Å². The first-order valence-corrected chi connectivity index (χ1v) is 6.98. The SMILES string of the molecule is CC(C)C(C)(O)CNC(=O)c1cn(-c2ccc(F)cc2)nn1. The number of nitrogens with one attached hydrogen (secondary N) is 1. The molecule has 2 aromatic rings. The molecule has 0 aliphatic heterocycles. The van der Waals surface area contributed by atoms with E-state index in [1.54, 1.807) is 6.92 Å². The molecule has 0 bridgehead atoms. The smallest absolute Gasteiger partial charge is 0.273 e. The monoisotopic (exact) mass is 306 g/mol. The molecule has 1 amide bonds. The van der Waals surface area contributed by atoms with Gasteiger partial charge < -0.3 is 10.4 Å². The molecule has 0 spiro atoms. The van der Waals surface area contributed by atoms with Gasteiger partial charge in [-0.1, -0.05) is 19.1 Å². The normalized spacial score (nSPS) is 13.9. The molecule has 6 nitrogen and oxygen atoms in total. The Hall–Kier alpha value is -2.28. The van der Waals surface area contributed by atoms with Crippen LogP contribution in [-0.2, 0) is 0 Å². The fourth-order valence-electron chi connectivity index (χ4n) is 1.64. The molecule has 0 fully saturated rings. The summed E-state index contributed by atoms with van der Waals surface area (Å²) in [6.45, 7) is 5.52. The third kappa shape index (κ3) is 3.67. The number of rotatable bonds is 5. The van der Waals surface area contributed by atoms with Gasteiger partial charge >= 0.3 is 0 Å². The Morgan fingerprint density at radius 3 is 2.64 bits per heavy atom. The van der Waals surface area contributed by atoms with Crippen LogP contribution in [0.4, 0.5) is 4.39 Å². The van der Waals surface area contributed by atoms with E-state index in [2.05, 4.69) is 15.6 Å². The van der Waals surface area contributed by atoms with Crippen LogP contribution in [0.25, 0.3) is 5.69 Å². The summed E-state index contributed by atoms with van der Waals surface area (Å²) in [4.78, 5) is 12.0. The number of carbonyl (C=O) groups is 1. The summed E-state index contributed by atoms with van der Waals surface area (Å²) in [5.74, 6) is -0.769. The zero-order valence-corrected chi connectivity index (χ0v) is 12.7. The summed E-state index contributed by atoms with van der Waals surface area (Å²) in [6.07, 6.45) is 1.45. The predicted molar refractivity (Wildman–Crippen MR) is 79.1 cm³/mol. The van der Waals surface area contributed by atoms with Crippen molar-refractivity contribution in [2.45, 2.75) is 26.4 Å². The van der Waals surface area contributed by atoms with Gasteiger partial charge in [-0.25, -0.2) is 9.07 Å². The number of amides is 1. The molecule has 0 radical (unpaired) electrons. The van der Waals surface area contributed by atoms with Gasteiger partial charge in [0.25, 0.3) is 5.91 Å². The van der Waals surface area contributed by atoms with Crippen LogP contribution in [0.15, 0.2) is 30.5 Å². The first kappa shape index (κ1) is 16.1. The van der Waals surface area contributed by atoms with Crippen molar-refractivity contribution >= 4 is 5.91 Å². The van der Waals surface area contributed by atoms with E-state index in [-0.39, 0.29) is 24.0 Å². The van der Waals surface area contributed by atoms with Gasteiger partial charge in [0.05, 0.1) is 17.5 Å². The van der Waals surface area contributed by atoms with E-state index in [0.717, 1.165) is 0 Å². The Morgan fingerprint density at radius 1 is 1.41 bits per heavy atom. The summed E-state index contributed by atoms with van der Waals surface area (Å²) < 4.78 is 14.3. The highest BCUT2D eigenvalue weighted by molar-refractivity contribution is 5.91. The Kier molecular flexibility index (Phi) is 4.56. The van der Waals surface area contributed by atoms with Gasteiger partial charge in [0.1, 0.15) is 5.82 Å². The Labute approximate surface area is 128 Å². The third-order valence-electron chi connectivity index (χ3n) is 3.67. The first-order chi connectivity index (χ1) is 10.3. The lowest BCUT2D eigenvalue weighted by atomic mass is 9.92. The van der Waals surface area contributed by atoms with E-state index in [1.165, 1.54) is 35.1 Å². The lowest BCUT2D eigenvalue weighted by Crippen LogP contribution is -2.44. The number of carbonyl (C=O) groups excluding carboxylic acids is 1. The predicted octanol–water partition coefficient (Wildman–Crippen LogP) is 1.54. The molecule has 0 aliphatic carbocycles. The van der Waals surface area contributed by atoms with Crippen LogP contribution in [0.2, 0.25) is 0 Å². The van der Waals surface area contributed by atoms with Crippen molar-refractivity contribution in [1.82, 2.24) is 20.3 Å². The molecule has 1 unspecified atom stereocenters. The van der Waals surface area contributed by atoms with Crippen molar-refractivity contribution in [1.29, 1.82) is 0 Å². The van der Waals surface area contributed by atoms with E-state index in [4.69, 9.17) is 0 Å². The van der Waals surface area contributed by atoms with Gasteiger partial charge in [0.2, 0.25) is 0 Å². The van der Waals surface area contributed by atoms with Gasteiger partial charge in [-0.05, 0) is 37.1 Å². The topological polar surface area (TPSA) is 80.0 Å². The quantitative estimate of drug-likeness (QED) is 0.878. The zero-order valence-electron chi connectivity index (χ0n) is 12.7. The van der Waals surface area contributed by atoms with Crippen molar-refractivity contribution in [3.05, 3.63) is 42.0 Å². The van der Waals surface area contributed by atoms with Crippen LogP contribution >= 0.6 is 0 Å². The van der Waals surface area contributed by atoms with Gasteiger partial charge in [-0.3, -0.25) is 4.79 Å². The second kappa shape index (κ2) is 6.23. The molecule has 2 rings (SSSR count). The number of nitrogens with zero attached hydrogens (tertiary/aromatic N) is 3. The molecule has 1 aromatic carbocycles. The number of hydrogen-bond donors (Lipinski definition) is 2. The fourth-order valence-corrected chi connectivity index (χ4v) is 1.64. The maximum Gasteiger partial charge on any atom is 0.273 e. The van der Waals surface area contributed by atoms with Crippen LogP contribution < -0.4 is 5.32 Å². The molecule has 22 heavy (non-hydrogen) atoms. The van der Waals surface area contributed by atoms with Gasteiger partial charge in [0, 0.05) is 6.54 Å². The molecule has 7 heteroatoms. The highest BCUT2D eigenvalue weighted by atomic mass is 19.1. The van der Waals surface area contributed by atoms with Gasteiger partial charge in [-0.2, -0.15) is 0 Å². The largest absolute Gasteiger partial charge is 0.388 e. The second-order valence-corrected chi connectivity index (χ2v) is 5.72. The van der Waals surface area contributed by atoms with Crippen molar-refractivity contribution in [3.8, 4) is 5.69 Å². The molecular weight excluding hydrogens is 287 g/mol. The Bertz CT molecular complexity index is 650. The van der Waals surface area contributed by atoms with E-state index in [0.29, 0.717) is 5.69 Å². The molecule has 0 saturated heterocycles. The summed E-state index contributed by atoms with van der Waals surface area (Å²) in [5, 5.41) is 20.4. The van der Waals surface area contributed by atoms with Crippen molar-refractivity contribution in [2.24, 2.45) is 5.92 Å². The van der Waals surface area contributed by atoms with Gasteiger partial charge in [-0.15, -0.1) is 5.10 Å². The second-order valence-electron chi connectivity index (χ2n) is 5.72. The standard InChI is InChI=1S/C15H19FN4O2/c1-10(2)15(3,22)9-17-14(21)13-8-20(19-18-13)12-6-4-11(16)5-7-12/h4-8,10,22H,9H2,1-3H3,(H,17,21). The number of benzene rings is 1.